The summed E-state index contributed by atoms with van der Waals surface area (Å²) in [4.78, 5) is 4.06. The van der Waals surface area contributed by atoms with Crippen molar-refractivity contribution >= 4 is 10.9 Å². The van der Waals surface area contributed by atoms with Gasteiger partial charge in [-0.2, -0.15) is 5.10 Å². The summed E-state index contributed by atoms with van der Waals surface area (Å²) in [6.45, 7) is 2.00. The molecule has 0 aliphatic carbocycles. The third-order valence-corrected chi connectivity index (χ3v) is 3.31. The zero-order valence-electron chi connectivity index (χ0n) is 10.8. The Bertz CT molecular complexity index is 673. The number of fused-ring (bicyclic) bond motifs is 1. The van der Waals surface area contributed by atoms with Gasteiger partial charge in [0.15, 0.2) is 0 Å². The molecule has 0 fully saturated rings. The number of para-hydroxylation sites is 1. The topological polar surface area (TPSA) is 56.7 Å². The second-order valence-electron chi connectivity index (χ2n) is 4.73. The van der Waals surface area contributed by atoms with E-state index in [-0.39, 0.29) is 12.1 Å². The van der Waals surface area contributed by atoms with Gasteiger partial charge >= 0.3 is 0 Å². The maximum Gasteiger partial charge on any atom is 0.0924 e. The van der Waals surface area contributed by atoms with Crippen LogP contribution in [0.5, 0.6) is 0 Å². The highest BCUT2D eigenvalue weighted by Gasteiger charge is 2.20. The van der Waals surface area contributed by atoms with Crippen molar-refractivity contribution in [3.63, 3.8) is 0 Å². The predicted octanol–water partition coefficient (Wildman–Crippen LogP) is 2.37. The summed E-state index contributed by atoms with van der Waals surface area (Å²) in [5.41, 5.74) is 8.39. The molecule has 2 unspecified atom stereocenters. The van der Waals surface area contributed by atoms with E-state index >= 15 is 0 Å². The monoisotopic (exact) mass is 252 g/mol. The smallest absolute Gasteiger partial charge is 0.0924 e. The number of hydrogen-bond acceptors (Lipinski definition) is 3. The van der Waals surface area contributed by atoms with E-state index in [9.17, 15) is 0 Å². The van der Waals surface area contributed by atoms with E-state index in [0.29, 0.717) is 0 Å². The lowest BCUT2D eigenvalue weighted by molar-refractivity contribution is 0.466. The molecule has 0 aliphatic heterocycles. The minimum Gasteiger partial charge on any atom is -0.326 e. The van der Waals surface area contributed by atoms with Crippen LogP contribution >= 0.6 is 0 Å². The molecule has 1 aromatic carbocycles. The van der Waals surface area contributed by atoms with Gasteiger partial charge < -0.3 is 5.73 Å². The summed E-state index contributed by atoms with van der Waals surface area (Å²) in [6.07, 6.45) is 5.46. The summed E-state index contributed by atoms with van der Waals surface area (Å²) in [6, 6.07) is 12.1. The van der Waals surface area contributed by atoms with Gasteiger partial charge in [-0.15, -0.1) is 0 Å². The third kappa shape index (κ3) is 2.11. The lowest BCUT2D eigenvalue weighted by atomic mass is 10.0. The summed E-state index contributed by atoms with van der Waals surface area (Å²) < 4.78 is 2.00. The molecule has 0 amide bonds. The van der Waals surface area contributed by atoms with Crippen molar-refractivity contribution in [2.75, 3.05) is 0 Å². The van der Waals surface area contributed by atoms with Crippen LogP contribution in [0.2, 0.25) is 0 Å². The molecular weight excluding hydrogens is 236 g/mol. The molecule has 4 heteroatoms. The molecule has 0 aliphatic rings. The second kappa shape index (κ2) is 4.82. The van der Waals surface area contributed by atoms with E-state index in [2.05, 4.69) is 22.2 Å². The van der Waals surface area contributed by atoms with Gasteiger partial charge in [0.05, 0.1) is 17.8 Å². The molecule has 0 saturated heterocycles. The minimum atomic E-state index is -0.0364. The first-order valence-corrected chi connectivity index (χ1v) is 6.35. The Kier molecular flexibility index (Phi) is 3.01. The molecule has 0 radical (unpaired) electrons. The lowest BCUT2D eigenvalue weighted by Crippen LogP contribution is -2.30. The average molecular weight is 252 g/mol. The van der Waals surface area contributed by atoms with Crippen LogP contribution in [0.25, 0.3) is 10.9 Å². The van der Waals surface area contributed by atoms with E-state index in [4.69, 9.17) is 5.73 Å². The maximum absolute atomic E-state index is 6.17. The van der Waals surface area contributed by atoms with Crippen molar-refractivity contribution in [2.24, 2.45) is 5.73 Å². The number of hydrogen-bond donors (Lipinski definition) is 1. The van der Waals surface area contributed by atoms with Gasteiger partial charge in [-0.25, -0.2) is 0 Å². The summed E-state index contributed by atoms with van der Waals surface area (Å²) in [5, 5.41) is 5.64. The normalized spacial score (nSPS) is 14.4. The summed E-state index contributed by atoms with van der Waals surface area (Å²) in [5.74, 6) is 0. The molecule has 2 atom stereocenters. The number of nitrogens with two attached hydrogens (primary N) is 1. The van der Waals surface area contributed by atoms with Gasteiger partial charge in [-0.1, -0.05) is 18.2 Å². The Balaban J connectivity index is 2.16. The van der Waals surface area contributed by atoms with Crippen molar-refractivity contribution in [1.29, 1.82) is 0 Å². The van der Waals surface area contributed by atoms with Crippen molar-refractivity contribution in [3.05, 3.63) is 60.6 Å². The highest BCUT2D eigenvalue weighted by Crippen LogP contribution is 2.24. The van der Waals surface area contributed by atoms with Gasteiger partial charge in [0.2, 0.25) is 0 Å². The Morgan fingerprint density at radius 1 is 1.11 bits per heavy atom. The molecule has 0 saturated carbocycles. The van der Waals surface area contributed by atoms with Crippen LogP contribution in [0, 0.1) is 0 Å². The third-order valence-electron chi connectivity index (χ3n) is 3.31. The molecule has 2 N–H and O–H groups in total. The van der Waals surface area contributed by atoms with Crippen LogP contribution in [0.15, 0.2) is 55.0 Å². The number of pyridine rings is 1. The van der Waals surface area contributed by atoms with Crippen LogP contribution in [0.3, 0.4) is 0 Å². The van der Waals surface area contributed by atoms with Gasteiger partial charge in [0, 0.05) is 23.8 Å². The van der Waals surface area contributed by atoms with Gasteiger partial charge in [-0.05, 0) is 30.7 Å². The fourth-order valence-electron chi connectivity index (χ4n) is 2.44. The van der Waals surface area contributed by atoms with E-state index in [1.807, 2.05) is 42.1 Å². The van der Waals surface area contributed by atoms with Crippen LogP contribution in [0.1, 0.15) is 18.5 Å². The highest BCUT2D eigenvalue weighted by atomic mass is 15.3. The summed E-state index contributed by atoms with van der Waals surface area (Å²) in [7, 11) is 0. The van der Waals surface area contributed by atoms with Crippen molar-refractivity contribution < 1.29 is 0 Å². The largest absolute Gasteiger partial charge is 0.326 e. The molecule has 3 rings (SSSR count). The lowest BCUT2D eigenvalue weighted by Gasteiger charge is -2.22. The van der Waals surface area contributed by atoms with Crippen molar-refractivity contribution in [3.8, 4) is 0 Å². The summed E-state index contributed by atoms with van der Waals surface area (Å²) >= 11 is 0. The molecular formula is C15H16N4. The highest BCUT2D eigenvalue weighted by molar-refractivity contribution is 5.78. The number of nitrogens with zero attached hydrogens (tertiary/aromatic N) is 3. The molecule has 96 valence electrons. The van der Waals surface area contributed by atoms with Gasteiger partial charge in [-0.3, -0.25) is 9.67 Å². The van der Waals surface area contributed by atoms with E-state index < -0.39 is 0 Å². The molecule has 19 heavy (non-hydrogen) atoms. The molecule has 4 nitrogen and oxygen atoms in total. The van der Waals surface area contributed by atoms with Gasteiger partial charge in [0.25, 0.3) is 0 Å². The molecule has 0 spiro atoms. The quantitative estimate of drug-likeness (QED) is 0.778. The first-order valence-electron chi connectivity index (χ1n) is 6.35. The number of rotatable bonds is 3. The van der Waals surface area contributed by atoms with Crippen LogP contribution < -0.4 is 5.73 Å². The Morgan fingerprint density at radius 2 is 1.84 bits per heavy atom. The van der Waals surface area contributed by atoms with E-state index in [1.165, 1.54) is 0 Å². The van der Waals surface area contributed by atoms with Gasteiger partial charge in [0.1, 0.15) is 0 Å². The predicted molar refractivity (Wildman–Crippen MR) is 75.8 cm³/mol. The number of aromatic nitrogens is 3. The molecule has 3 aromatic rings. The molecule has 2 aromatic heterocycles. The Morgan fingerprint density at radius 3 is 2.58 bits per heavy atom. The maximum atomic E-state index is 6.17. The molecule has 0 bridgehead atoms. The fourth-order valence-corrected chi connectivity index (χ4v) is 2.44. The first kappa shape index (κ1) is 11.9. The van der Waals surface area contributed by atoms with Crippen LogP contribution in [-0.4, -0.2) is 20.8 Å². The Labute approximate surface area is 111 Å². The zero-order chi connectivity index (χ0) is 13.2. The zero-order valence-corrected chi connectivity index (χ0v) is 10.8. The fraction of sp³-hybridized carbons (Fsp3) is 0.200. The minimum absolute atomic E-state index is 0.0166. The van der Waals surface area contributed by atoms with E-state index in [0.717, 1.165) is 16.5 Å². The van der Waals surface area contributed by atoms with Crippen LogP contribution in [0.4, 0.5) is 0 Å². The van der Waals surface area contributed by atoms with Crippen molar-refractivity contribution in [2.45, 2.75) is 19.0 Å². The average Bonchev–Trinajstić information content (AvgIpc) is 2.84. The second-order valence-corrected chi connectivity index (χ2v) is 4.73. The molecule has 2 heterocycles. The SMILES string of the molecule is CC(N)C(c1ccncc1)n1ncc2ccccc21. The Hall–Kier alpha value is -2.20. The van der Waals surface area contributed by atoms with Crippen molar-refractivity contribution in [1.82, 2.24) is 14.8 Å². The number of benzene rings is 1. The van der Waals surface area contributed by atoms with Crippen LogP contribution in [-0.2, 0) is 0 Å². The van der Waals surface area contributed by atoms with E-state index in [1.54, 1.807) is 12.4 Å². The first-order chi connectivity index (χ1) is 9.27. The standard InChI is InChI=1S/C15H16N4/c1-11(16)15(12-6-8-17-9-7-12)19-14-5-3-2-4-13(14)10-18-19/h2-11,15H,16H2,1H3.